The molecule has 120 valence electrons. The van der Waals surface area contributed by atoms with Crippen molar-refractivity contribution in [3.63, 3.8) is 0 Å². The van der Waals surface area contributed by atoms with Crippen LogP contribution < -0.4 is 5.32 Å². The van der Waals surface area contributed by atoms with Crippen molar-refractivity contribution >= 4 is 5.97 Å². The molecular formula is C18H19NO4. The number of nitrogens with one attached hydrogen (secondary N) is 1. The second-order valence-corrected chi connectivity index (χ2v) is 5.63. The largest absolute Gasteiger partial charge is 0.480 e. The van der Waals surface area contributed by atoms with Crippen LogP contribution in [0.2, 0.25) is 0 Å². The molecule has 1 aliphatic heterocycles. The summed E-state index contributed by atoms with van der Waals surface area (Å²) in [6, 6.07) is 17.1. The Labute approximate surface area is 134 Å². The summed E-state index contributed by atoms with van der Waals surface area (Å²) in [7, 11) is 0. The average Bonchev–Trinajstić information content (AvgIpc) is 2.95. The van der Waals surface area contributed by atoms with Gasteiger partial charge in [0.2, 0.25) is 0 Å². The van der Waals surface area contributed by atoms with Crippen molar-refractivity contribution < 1.29 is 19.7 Å². The van der Waals surface area contributed by atoms with Gasteiger partial charge in [-0.05, 0) is 16.7 Å². The fourth-order valence-electron chi connectivity index (χ4n) is 2.72. The number of carboxylic acids is 1. The van der Waals surface area contributed by atoms with Gasteiger partial charge in [-0.25, -0.2) is 0 Å². The molecule has 0 aromatic heterocycles. The molecule has 1 fully saturated rings. The SMILES string of the molecule is O=C(O)C1NCC(OCc2ccc(-c3ccccc3)cc2)C1O. The van der Waals surface area contributed by atoms with E-state index in [2.05, 4.69) is 17.4 Å². The van der Waals surface area contributed by atoms with Gasteiger partial charge < -0.3 is 14.9 Å². The lowest BCUT2D eigenvalue weighted by molar-refractivity contribution is -0.142. The highest BCUT2D eigenvalue weighted by molar-refractivity contribution is 5.75. The van der Waals surface area contributed by atoms with Gasteiger partial charge in [0.25, 0.3) is 0 Å². The Kier molecular flexibility index (Phi) is 4.71. The maximum atomic E-state index is 10.9. The fourth-order valence-corrected chi connectivity index (χ4v) is 2.72. The Morgan fingerprint density at radius 1 is 1.09 bits per heavy atom. The van der Waals surface area contributed by atoms with Crippen molar-refractivity contribution in [1.82, 2.24) is 5.32 Å². The summed E-state index contributed by atoms with van der Waals surface area (Å²) in [6.45, 7) is 0.672. The molecule has 0 spiro atoms. The van der Waals surface area contributed by atoms with Gasteiger partial charge >= 0.3 is 5.97 Å². The highest BCUT2D eigenvalue weighted by Crippen LogP contribution is 2.20. The zero-order valence-electron chi connectivity index (χ0n) is 12.6. The van der Waals surface area contributed by atoms with Crippen LogP contribution in [0, 0.1) is 0 Å². The summed E-state index contributed by atoms with van der Waals surface area (Å²) < 4.78 is 5.65. The lowest BCUT2D eigenvalue weighted by atomic mass is 10.0. The van der Waals surface area contributed by atoms with Crippen LogP contribution in [0.25, 0.3) is 11.1 Å². The molecule has 2 aromatic rings. The smallest absolute Gasteiger partial charge is 0.323 e. The molecule has 1 heterocycles. The highest BCUT2D eigenvalue weighted by Gasteiger charge is 2.39. The van der Waals surface area contributed by atoms with Gasteiger partial charge in [0.15, 0.2) is 0 Å². The summed E-state index contributed by atoms with van der Waals surface area (Å²) in [5.74, 6) is -1.06. The van der Waals surface area contributed by atoms with Crippen LogP contribution in [0.4, 0.5) is 0 Å². The monoisotopic (exact) mass is 313 g/mol. The van der Waals surface area contributed by atoms with Crippen molar-refractivity contribution in [3.8, 4) is 11.1 Å². The first-order valence-corrected chi connectivity index (χ1v) is 7.55. The quantitative estimate of drug-likeness (QED) is 0.782. The topological polar surface area (TPSA) is 78.8 Å². The molecule has 0 radical (unpaired) electrons. The van der Waals surface area contributed by atoms with Gasteiger partial charge in [0, 0.05) is 6.54 Å². The lowest BCUT2D eigenvalue weighted by Gasteiger charge is -2.16. The van der Waals surface area contributed by atoms with Crippen molar-refractivity contribution in [1.29, 1.82) is 0 Å². The van der Waals surface area contributed by atoms with E-state index in [9.17, 15) is 9.90 Å². The first-order chi connectivity index (χ1) is 11.1. The molecule has 2 aromatic carbocycles. The summed E-state index contributed by atoms with van der Waals surface area (Å²) in [6.07, 6.45) is -1.54. The van der Waals surface area contributed by atoms with Crippen LogP contribution >= 0.6 is 0 Å². The van der Waals surface area contributed by atoms with E-state index in [-0.39, 0.29) is 0 Å². The van der Waals surface area contributed by atoms with Gasteiger partial charge in [-0.1, -0.05) is 54.6 Å². The van der Waals surface area contributed by atoms with Crippen LogP contribution in [-0.2, 0) is 16.1 Å². The molecule has 0 amide bonds. The zero-order chi connectivity index (χ0) is 16.2. The third-order valence-corrected chi connectivity index (χ3v) is 4.05. The number of aliphatic carboxylic acids is 1. The molecule has 3 N–H and O–H groups in total. The standard InChI is InChI=1S/C18H19NO4/c20-17-15(10-19-16(17)18(21)22)23-11-12-6-8-14(9-7-12)13-4-2-1-3-5-13/h1-9,15-17,19-20H,10-11H2,(H,21,22). The summed E-state index contributed by atoms with van der Waals surface area (Å²) >= 11 is 0. The molecule has 5 heteroatoms. The predicted molar refractivity (Wildman–Crippen MR) is 85.9 cm³/mol. The minimum atomic E-state index is -1.06. The first kappa shape index (κ1) is 15.7. The Morgan fingerprint density at radius 2 is 1.74 bits per heavy atom. The molecular weight excluding hydrogens is 294 g/mol. The molecule has 23 heavy (non-hydrogen) atoms. The third kappa shape index (κ3) is 3.59. The molecule has 1 aliphatic rings. The third-order valence-electron chi connectivity index (χ3n) is 4.05. The second kappa shape index (κ2) is 6.91. The highest BCUT2D eigenvalue weighted by atomic mass is 16.5. The van der Waals surface area contributed by atoms with Crippen LogP contribution in [0.5, 0.6) is 0 Å². The molecule has 1 saturated heterocycles. The fraction of sp³-hybridized carbons (Fsp3) is 0.278. The van der Waals surface area contributed by atoms with Crippen molar-refractivity contribution in [3.05, 3.63) is 60.2 Å². The van der Waals surface area contributed by atoms with Gasteiger partial charge in [-0.15, -0.1) is 0 Å². The Morgan fingerprint density at radius 3 is 2.35 bits per heavy atom. The molecule has 3 atom stereocenters. The number of benzene rings is 2. The van der Waals surface area contributed by atoms with Gasteiger partial charge in [0.05, 0.1) is 12.7 Å². The molecule has 3 unspecified atom stereocenters. The number of rotatable bonds is 5. The number of aliphatic hydroxyl groups excluding tert-OH is 1. The minimum absolute atomic E-state index is 0.334. The Bertz CT molecular complexity index is 656. The first-order valence-electron chi connectivity index (χ1n) is 7.55. The summed E-state index contributed by atoms with van der Waals surface area (Å²) in [5, 5.41) is 21.6. The van der Waals surface area contributed by atoms with Gasteiger partial charge in [-0.3, -0.25) is 10.1 Å². The summed E-state index contributed by atoms with van der Waals surface area (Å²) in [5.41, 5.74) is 3.26. The maximum Gasteiger partial charge on any atom is 0.323 e. The lowest BCUT2D eigenvalue weighted by Crippen LogP contribution is -2.40. The van der Waals surface area contributed by atoms with E-state index in [4.69, 9.17) is 9.84 Å². The molecule has 0 aliphatic carbocycles. The normalized spacial score (nSPS) is 23.8. The number of carboxylic acid groups (broad SMARTS) is 1. The Hall–Kier alpha value is -2.21. The van der Waals surface area contributed by atoms with E-state index in [0.29, 0.717) is 13.2 Å². The molecule has 3 rings (SSSR count). The summed E-state index contributed by atoms with van der Waals surface area (Å²) in [4.78, 5) is 10.9. The van der Waals surface area contributed by atoms with Crippen LogP contribution in [0.1, 0.15) is 5.56 Å². The number of ether oxygens (including phenoxy) is 1. The van der Waals surface area contributed by atoms with Crippen molar-refractivity contribution in [2.75, 3.05) is 6.54 Å². The van der Waals surface area contributed by atoms with Gasteiger partial charge in [-0.2, -0.15) is 0 Å². The molecule has 5 nitrogen and oxygen atoms in total. The van der Waals surface area contributed by atoms with E-state index >= 15 is 0 Å². The number of hydrogen-bond donors (Lipinski definition) is 3. The number of carbonyl (C=O) groups is 1. The van der Waals surface area contributed by atoms with Crippen molar-refractivity contribution in [2.45, 2.75) is 24.9 Å². The van der Waals surface area contributed by atoms with Crippen molar-refractivity contribution in [2.24, 2.45) is 0 Å². The van der Waals surface area contributed by atoms with Crippen LogP contribution in [0.15, 0.2) is 54.6 Å². The van der Waals surface area contributed by atoms with E-state index < -0.39 is 24.2 Å². The minimum Gasteiger partial charge on any atom is -0.480 e. The average molecular weight is 313 g/mol. The van der Waals surface area contributed by atoms with Gasteiger partial charge in [0.1, 0.15) is 12.1 Å². The zero-order valence-corrected chi connectivity index (χ0v) is 12.6. The van der Waals surface area contributed by atoms with E-state index in [1.54, 1.807) is 0 Å². The molecule has 0 saturated carbocycles. The van der Waals surface area contributed by atoms with Crippen LogP contribution in [-0.4, -0.2) is 41.0 Å². The second-order valence-electron chi connectivity index (χ2n) is 5.63. The van der Waals surface area contributed by atoms with E-state index in [0.717, 1.165) is 16.7 Å². The predicted octanol–water partition coefficient (Wildman–Crippen LogP) is 1.66. The van der Waals surface area contributed by atoms with Crippen LogP contribution in [0.3, 0.4) is 0 Å². The number of hydrogen-bond acceptors (Lipinski definition) is 4. The van der Waals surface area contributed by atoms with E-state index in [1.807, 2.05) is 42.5 Å². The number of aliphatic hydroxyl groups is 1. The van der Waals surface area contributed by atoms with E-state index in [1.165, 1.54) is 0 Å². The molecule has 0 bridgehead atoms. The Balaban J connectivity index is 1.58. The maximum absolute atomic E-state index is 10.9.